The molecule has 0 fully saturated rings. The first-order valence-corrected chi connectivity index (χ1v) is 8.78. The van der Waals surface area contributed by atoms with E-state index in [0.29, 0.717) is 0 Å². The molecule has 0 bridgehead atoms. The van der Waals surface area contributed by atoms with E-state index in [1.807, 2.05) is 11.3 Å². The summed E-state index contributed by atoms with van der Waals surface area (Å²) >= 11 is 1.85. The van der Waals surface area contributed by atoms with Gasteiger partial charge in [-0.3, -0.25) is 0 Å². The van der Waals surface area contributed by atoms with E-state index in [1.54, 1.807) is 7.11 Å². The van der Waals surface area contributed by atoms with Gasteiger partial charge >= 0.3 is 0 Å². The minimum Gasteiger partial charge on any atom is -0.383 e. The number of aryl methyl sites for hydroxylation is 1. The maximum atomic E-state index is 5.08. The minimum atomic E-state index is 0. The predicted molar refractivity (Wildman–Crippen MR) is 111 cm³/mol. The molecule has 2 N–H and O–H groups in total. The van der Waals surface area contributed by atoms with Crippen LogP contribution in [0.5, 0.6) is 0 Å². The van der Waals surface area contributed by atoms with Crippen molar-refractivity contribution in [2.24, 2.45) is 4.99 Å². The number of hydrogen-bond acceptors (Lipinski definition) is 4. The average Bonchev–Trinajstić information content (AvgIpc) is 2.98. The summed E-state index contributed by atoms with van der Waals surface area (Å²) in [7, 11) is 3.83. The molecule has 0 aromatic carbocycles. The van der Waals surface area contributed by atoms with Crippen LogP contribution in [0, 0.1) is 0 Å². The van der Waals surface area contributed by atoms with Gasteiger partial charge in [-0.1, -0.05) is 6.92 Å². The van der Waals surface area contributed by atoms with Gasteiger partial charge in [0.15, 0.2) is 5.96 Å². The third kappa shape index (κ3) is 10.2. The molecule has 1 aromatic rings. The standard InChI is InChI=1S/C16H30N4OS.HI/c1-5-14-7-8-15(22-14)13-19-16(17-6-2)18-9-10-20(3)11-12-21-4;/h7-8H,5-6,9-13H2,1-4H3,(H2,17,18,19);1H. The Morgan fingerprint density at radius 1 is 1.22 bits per heavy atom. The number of likely N-dealkylation sites (N-methyl/N-ethyl adjacent to an activating group) is 1. The van der Waals surface area contributed by atoms with Gasteiger partial charge in [0.25, 0.3) is 0 Å². The molecule has 1 aromatic heterocycles. The molecule has 0 amide bonds. The third-order valence-electron chi connectivity index (χ3n) is 3.27. The summed E-state index contributed by atoms with van der Waals surface area (Å²) in [5, 5.41) is 6.67. The van der Waals surface area contributed by atoms with Crippen molar-refractivity contribution in [3.05, 3.63) is 21.9 Å². The van der Waals surface area contributed by atoms with Crippen molar-refractivity contribution in [3.8, 4) is 0 Å². The molecule has 5 nitrogen and oxygen atoms in total. The van der Waals surface area contributed by atoms with Crippen LogP contribution in [0.4, 0.5) is 0 Å². The maximum Gasteiger partial charge on any atom is 0.191 e. The Morgan fingerprint density at radius 3 is 2.57 bits per heavy atom. The van der Waals surface area contributed by atoms with Gasteiger partial charge in [0, 0.05) is 43.0 Å². The summed E-state index contributed by atoms with van der Waals surface area (Å²) in [4.78, 5) is 9.63. The Balaban J connectivity index is 0.00000484. The largest absolute Gasteiger partial charge is 0.383 e. The van der Waals surface area contributed by atoms with Gasteiger partial charge in [-0.15, -0.1) is 35.3 Å². The van der Waals surface area contributed by atoms with E-state index in [1.165, 1.54) is 9.75 Å². The molecular formula is C16H31IN4OS. The number of thiophene rings is 1. The highest BCUT2D eigenvalue weighted by atomic mass is 127. The van der Waals surface area contributed by atoms with Gasteiger partial charge in [-0.2, -0.15) is 0 Å². The summed E-state index contributed by atoms with van der Waals surface area (Å²) in [6.07, 6.45) is 1.10. The minimum absolute atomic E-state index is 0. The predicted octanol–water partition coefficient (Wildman–Crippen LogP) is 2.56. The fourth-order valence-corrected chi connectivity index (χ4v) is 2.80. The summed E-state index contributed by atoms with van der Waals surface area (Å²) in [6.45, 7) is 9.43. The average molecular weight is 454 g/mol. The van der Waals surface area contributed by atoms with E-state index >= 15 is 0 Å². The molecule has 0 aliphatic heterocycles. The molecule has 0 atom stereocenters. The first-order valence-electron chi connectivity index (χ1n) is 7.96. The summed E-state index contributed by atoms with van der Waals surface area (Å²) in [5.74, 6) is 0.883. The second kappa shape index (κ2) is 14.0. The second-order valence-corrected chi connectivity index (χ2v) is 6.39. The Kier molecular flexibility index (Phi) is 13.8. The summed E-state index contributed by atoms with van der Waals surface area (Å²) in [6, 6.07) is 4.37. The molecule has 134 valence electrons. The number of nitrogens with zero attached hydrogens (tertiary/aromatic N) is 2. The summed E-state index contributed by atoms with van der Waals surface area (Å²) in [5.41, 5.74) is 0. The number of hydrogen-bond donors (Lipinski definition) is 2. The molecule has 0 saturated heterocycles. The van der Waals surface area contributed by atoms with E-state index in [0.717, 1.165) is 51.7 Å². The van der Waals surface area contributed by atoms with Gasteiger partial charge in [0.05, 0.1) is 13.2 Å². The van der Waals surface area contributed by atoms with E-state index in [4.69, 9.17) is 4.74 Å². The molecule has 1 rings (SSSR count). The Morgan fingerprint density at radius 2 is 1.96 bits per heavy atom. The topological polar surface area (TPSA) is 48.9 Å². The smallest absolute Gasteiger partial charge is 0.191 e. The number of halogens is 1. The van der Waals surface area contributed by atoms with Crippen molar-refractivity contribution in [1.29, 1.82) is 0 Å². The van der Waals surface area contributed by atoms with Crippen LogP contribution in [-0.2, 0) is 17.7 Å². The number of rotatable bonds is 10. The van der Waals surface area contributed by atoms with Crippen molar-refractivity contribution < 1.29 is 4.74 Å². The van der Waals surface area contributed by atoms with Crippen molar-refractivity contribution >= 4 is 41.3 Å². The quantitative estimate of drug-likeness (QED) is 0.324. The normalized spacial score (nSPS) is 11.4. The Hall–Kier alpha value is -0.380. The van der Waals surface area contributed by atoms with Crippen molar-refractivity contribution in [3.63, 3.8) is 0 Å². The van der Waals surface area contributed by atoms with Gasteiger partial charge in [0.1, 0.15) is 0 Å². The molecule has 0 unspecified atom stereocenters. The van der Waals surface area contributed by atoms with Crippen LogP contribution in [-0.4, -0.2) is 57.8 Å². The van der Waals surface area contributed by atoms with Crippen LogP contribution in [0.15, 0.2) is 17.1 Å². The highest BCUT2D eigenvalue weighted by molar-refractivity contribution is 14.0. The Labute approximate surface area is 161 Å². The lowest BCUT2D eigenvalue weighted by Crippen LogP contribution is -2.41. The molecule has 0 aliphatic carbocycles. The van der Waals surface area contributed by atoms with Crippen molar-refractivity contribution in [1.82, 2.24) is 15.5 Å². The van der Waals surface area contributed by atoms with E-state index in [2.05, 4.69) is 53.6 Å². The number of nitrogens with one attached hydrogen (secondary N) is 2. The number of ether oxygens (including phenoxy) is 1. The molecule has 0 saturated carbocycles. The van der Waals surface area contributed by atoms with E-state index in [-0.39, 0.29) is 24.0 Å². The van der Waals surface area contributed by atoms with Crippen LogP contribution in [0.1, 0.15) is 23.6 Å². The van der Waals surface area contributed by atoms with Crippen LogP contribution >= 0.6 is 35.3 Å². The van der Waals surface area contributed by atoms with Crippen LogP contribution in [0.25, 0.3) is 0 Å². The van der Waals surface area contributed by atoms with Crippen LogP contribution in [0.2, 0.25) is 0 Å². The fourth-order valence-electron chi connectivity index (χ4n) is 1.92. The molecule has 7 heteroatoms. The fraction of sp³-hybridized carbons (Fsp3) is 0.688. The lowest BCUT2D eigenvalue weighted by molar-refractivity contribution is 0.162. The Bertz CT molecular complexity index is 439. The zero-order chi connectivity index (χ0) is 16.2. The highest BCUT2D eigenvalue weighted by Gasteiger charge is 2.02. The van der Waals surface area contributed by atoms with Crippen LogP contribution in [0.3, 0.4) is 0 Å². The molecule has 0 radical (unpaired) electrons. The molecule has 1 heterocycles. The SMILES string of the molecule is CCNC(=NCc1ccc(CC)s1)NCCN(C)CCOC.I. The van der Waals surface area contributed by atoms with Gasteiger partial charge in [-0.25, -0.2) is 4.99 Å². The highest BCUT2D eigenvalue weighted by Crippen LogP contribution is 2.17. The number of aliphatic imine (C=N–C) groups is 1. The second-order valence-electron chi connectivity index (χ2n) is 5.14. The van der Waals surface area contributed by atoms with Crippen molar-refractivity contribution in [2.45, 2.75) is 26.8 Å². The zero-order valence-electron chi connectivity index (χ0n) is 14.7. The van der Waals surface area contributed by atoms with Gasteiger partial charge in [-0.05, 0) is 32.5 Å². The molecule has 0 spiro atoms. The molecular weight excluding hydrogens is 423 g/mol. The zero-order valence-corrected chi connectivity index (χ0v) is 17.9. The maximum absolute atomic E-state index is 5.08. The first kappa shape index (κ1) is 22.6. The number of methoxy groups -OCH3 is 1. The number of guanidine groups is 1. The van der Waals surface area contributed by atoms with E-state index in [9.17, 15) is 0 Å². The third-order valence-corrected chi connectivity index (χ3v) is 4.48. The monoisotopic (exact) mass is 454 g/mol. The lowest BCUT2D eigenvalue weighted by Gasteiger charge is -2.17. The van der Waals surface area contributed by atoms with Gasteiger partial charge < -0.3 is 20.3 Å². The lowest BCUT2D eigenvalue weighted by atomic mass is 10.4. The van der Waals surface area contributed by atoms with Crippen molar-refractivity contribution in [2.75, 3.05) is 46.9 Å². The first-order chi connectivity index (χ1) is 10.7. The molecule has 23 heavy (non-hydrogen) atoms. The summed E-state index contributed by atoms with van der Waals surface area (Å²) < 4.78 is 5.08. The van der Waals surface area contributed by atoms with Gasteiger partial charge in [0.2, 0.25) is 0 Å². The van der Waals surface area contributed by atoms with E-state index < -0.39 is 0 Å². The van der Waals surface area contributed by atoms with Crippen LogP contribution < -0.4 is 10.6 Å². The molecule has 0 aliphatic rings.